The van der Waals surface area contributed by atoms with E-state index >= 15 is 0 Å². The largest absolute Gasteiger partial charge is 0.493 e. The molecule has 2 aliphatic carbocycles. The van der Waals surface area contributed by atoms with E-state index in [4.69, 9.17) is 4.74 Å². The normalized spacial score (nSPS) is 13.6. The minimum atomic E-state index is -0.0427. The quantitative estimate of drug-likeness (QED) is 0.0453. The van der Waals surface area contributed by atoms with Crippen molar-refractivity contribution in [2.24, 2.45) is 5.92 Å². The van der Waals surface area contributed by atoms with Gasteiger partial charge in [0.25, 0.3) is 0 Å². The number of hydrogen-bond acceptors (Lipinski definition) is 2. The van der Waals surface area contributed by atoms with Crippen molar-refractivity contribution in [3.05, 3.63) is 240 Å². The summed E-state index contributed by atoms with van der Waals surface area (Å²) in [6.07, 6.45) is 25.3. The molecular formula is C81H87NO. The first kappa shape index (κ1) is 57.2. The van der Waals surface area contributed by atoms with Crippen molar-refractivity contribution in [2.45, 2.75) is 149 Å². The molecule has 2 heteroatoms. The second-order valence-electron chi connectivity index (χ2n) is 23.9. The monoisotopic (exact) mass is 1090 g/mol. The minimum absolute atomic E-state index is 0.0427. The molecule has 9 aromatic carbocycles. The highest BCUT2D eigenvalue weighted by Gasteiger charge is 2.43. The van der Waals surface area contributed by atoms with E-state index in [-0.39, 0.29) is 5.41 Å². The van der Waals surface area contributed by atoms with Gasteiger partial charge >= 0.3 is 0 Å². The predicted molar refractivity (Wildman–Crippen MR) is 357 cm³/mol. The lowest BCUT2D eigenvalue weighted by Crippen LogP contribution is -2.25. The van der Waals surface area contributed by atoms with Crippen molar-refractivity contribution in [3.63, 3.8) is 0 Å². The van der Waals surface area contributed by atoms with Crippen LogP contribution in [-0.2, 0) is 5.41 Å². The summed E-state index contributed by atoms with van der Waals surface area (Å²) in [7, 11) is 0. The Morgan fingerprint density at radius 3 is 1.30 bits per heavy atom. The summed E-state index contributed by atoms with van der Waals surface area (Å²) in [5, 5.41) is 0. The van der Waals surface area contributed by atoms with Gasteiger partial charge in [-0.25, -0.2) is 0 Å². The first-order chi connectivity index (χ1) is 41.0. The maximum atomic E-state index is 6.38. The number of para-hydroxylation sites is 1. The molecular weight excluding hydrogens is 1000 g/mol. The zero-order valence-electron chi connectivity index (χ0n) is 50.2. The number of unbranched alkanes of at least 4 members (excludes halogenated alkanes) is 11. The van der Waals surface area contributed by atoms with Crippen LogP contribution in [0.15, 0.2) is 212 Å². The number of hydrogen-bond donors (Lipinski definition) is 0. The third-order valence-corrected chi connectivity index (χ3v) is 18.3. The SMILES string of the molecule is CCCCCCCCC1(CCCCCCCC)c2cc(-c3ccccc3)ccc2-c2ccc(-c3ccc4c(c3)/C(=C\c3ccc(N(c5ccccc5)c5ccc(OCC(CC)CCCC)cc5)cc3)c3cc(-c5ccccc5)ccc3-4)cc21. The van der Waals surface area contributed by atoms with E-state index in [1.807, 2.05) is 0 Å². The average Bonchev–Trinajstić information content (AvgIpc) is 2.51. The van der Waals surface area contributed by atoms with Crippen LogP contribution in [0.5, 0.6) is 5.75 Å². The Bertz CT molecular complexity index is 3540. The fourth-order valence-corrected chi connectivity index (χ4v) is 13.6. The highest BCUT2D eigenvalue weighted by molar-refractivity contribution is 6.08. The second-order valence-corrected chi connectivity index (χ2v) is 23.9. The maximum Gasteiger partial charge on any atom is 0.119 e. The van der Waals surface area contributed by atoms with Gasteiger partial charge in [0.2, 0.25) is 0 Å². The molecule has 1 unspecified atom stereocenters. The standard InChI is InChI=1S/C81H87NO/c1-5-9-12-14-16-27-52-81(53-28-17-15-13-10-6-2)79-57-66(63-32-23-19-24-33-63)40-50-74(79)75-51-41-67(58-80(75)81)65-39-49-73-72-48-38-64(62-30-21-18-22-31-62)55-77(72)76(78(73)56-65)54-61-36-42-69(43-37-61)82(68-34-25-20-26-35-68)70-44-46-71(47-45-70)83-59-60(8-4)29-11-7-3/h18-26,30-51,54-58,60H,5-17,27-29,52-53,59H2,1-4H3/b76-54-. The van der Waals surface area contributed by atoms with Crippen LogP contribution < -0.4 is 9.64 Å². The Morgan fingerprint density at radius 1 is 0.373 bits per heavy atom. The fraction of sp³-hybridized carbons (Fsp3) is 0.309. The van der Waals surface area contributed by atoms with Crippen molar-refractivity contribution in [2.75, 3.05) is 11.5 Å². The summed E-state index contributed by atoms with van der Waals surface area (Å²) < 4.78 is 6.38. The van der Waals surface area contributed by atoms with Crippen LogP contribution in [-0.4, -0.2) is 6.61 Å². The van der Waals surface area contributed by atoms with Gasteiger partial charge in [-0.15, -0.1) is 0 Å². The van der Waals surface area contributed by atoms with Gasteiger partial charge in [0.1, 0.15) is 5.75 Å². The Kier molecular flexibility index (Phi) is 19.0. The molecule has 9 aromatic rings. The van der Waals surface area contributed by atoms with Crippen LogP contribution in [0.25, 0.3) is 67.3 Å². The number of ether oxygens (including phenoxy) is 1. The van der Waals surface area contributed by atoms with Crippen LogP contribution in [0.2, 0.25) is 0 Å². The Hall–Kier alpha value is -7.68. The summed E-state index contributed by atoms with van der Waals surface area (Å²) in [5.41, 5.74) is 24.5. The number of rotatable bonds is 28. The molecule has 0 bridgehead atoms. The Labute approximate surface area is 498 Å². The van der Waals surface area contributed by atoms with Gasteiger partial charge in [-0.2, -0.15) is 0 Å². The van der Waals surface area contributed by atoms with Gasteiger partial charge in [-0.1, -0.05) is 264 Å². The molecule has 0 spiro atoms. The van der Waals surface area contributed by atoms with Gasteiger partial charge in [0, 0.05) is 22.5 Å². The molecule has 1 atom stereocenters. The van der Waals surface area contributed by atoms with E-state index in [2.05, 4.69) is 251 Å². The second kappa shape index (κ2) is 27.6. The summed E-state index contributed by atoms with van der Waals surface area (Å²) in [6.45, 7) is 9.97. The molecule has 2 aliphatic rings. The van der Waals surface area contributed by atoms with Crippen molar-refractivity contribution in [3.8, 4) is 61.4 Å². The maximum absolute atomic E-state index is 6.38. The molecule has 0 saturated carbocycles. The van der Waals surface area contributed by atoms with Crippen LogP contribution in [0.1, 0.15) is 171 Å². The van der Waals surface area contributed by atoms with E-state index in [9.17, 15) is 0 Å². The van der Waals surface area contributed by atoms with E-state index in [1.54, 1.807) is 11.1 Å². The van der Waals surface area contributed by atoms with E-state index in [0.717, 1.165) is 35.8 Å². The Morgan fingerprint density at radius 2 is 0.795 bits per heavy atom. The van der Waals surface area contributed by atoms with E-state index in [1.165, 1.54) is 187 Å². The van der Waals surface area contributed by atoms with Crippen LogP contribution >= 0.6 is 0 Å². The molecule has 0 saturated heterocycles. The molecule has 0 heterocycles. The first-order valence-electron chi connectivity index (χ1n) is 32.1. The smallest absolute Gasteiger partial charge is 0.119 e. The number of fused-ring (bicyclic) bond motifs is 6. The summed E-state index contributed by atoms with van der Waals surface area (Å²) in [6, 6.07) is 79.9. The van der Waals surface area contributed by atoms with Crippen molar-refractivity contribution < 1.29 is 4.74 Å². The number of nitrogens with zero attached hydrogens (tertiary/aromatic N) is 1. The van der Waals surface area contributed by atoms with Gasteiger partial charge < -0.3 is 9.64 Å². The lowest BCUT2D eigenvalue weighted by molar-refractivity contribution is 0.233. The zero-order valence-corrected chi connectivity index (χ0v) is 50.2. The number of anilines is 3. The molecule has 422 valence electrons. The molecule has 0 N–H and O–H groups in total. The molecule has 0 fully saturated rings. The molecule has 0 radical (unpaired) electrons. The highest BCUT2D eigenvalue weighted by Crippen LogP contribution is 2.56. The predicted octanol–water partition coefficient (Wildman–Crippen LogP) is 24.1. The molecule has 83 heavy (non-hydrogen) atoms. The van der Waals surface area contributed by atoms with Gasteiger partial charge in [0.05, 0.1) is 6.61 Å². The topological polar surface area (TPSA) is 12.5 Å². The van der Waals surface area contributed by atoms with E-state index in [0.29, 0.717) is 5.92 Å². The van der Waals surface area contributed by atoms with E-state index < -0.39 is 0 Å². The summed E-state index contributed by atoms with van der Waals surface area (Å²) in [5.74, 6) is 1.51. The fourth-order valence-electron chi connectivity index (χ4n) is 13.6. The van der Waals surface area contributed by atoms with Crippen molar-refractivity contribution in [1.82, 2.24) is 0 Å². The third kappa shape index (κ3) is 12.9. The van der Waals surface area contributed by atoms with Crippen molar-refractivity contribution >= 4 is 28.7 Å². The lowest BCUT2D eigenvalue weighted by atomic mass is 9.70. The Balaban J connectivity index is 0.965. The van der Waals surface area contributed by atoms with Crippen molar-refractivity contribution in [1.29, 1.82) is 0 Å². The van der Waals surface area contributed by atoms with Gasteiger partial charge in [-0.3, -0.25) is 0 Å². The highest BCUT2D eigenvalue weighted by atomic mass is 16.5. The molecule has 11 rings (SSSR count). The summed E-state index contributed by atoms with van der Waals surface area (Å²) in [4.78, 5) is 2.35. The zero-order chi connectivity index (χ0) is 56.8. The third-order valence-electron chi connectivity index (χ3n) is 18.3. The van der Waals surface area contributed by atoms with Crippen LogP contribution in [0.4, 0.5) is 17.1 Å². The molecule has 0 aliphatic heterocycles. The first-order valence-corrected chi connectivity index (χ1v) is 32.1. The van der Waals surface area contributed by atoms with Gasteiger partial charge in [0.15, 0.2) is 0 Å². The van der Waals surface area contributed by atoms with Crippen LogP contribution in [0, 0.1) is 5.92 Å². The van der Waals surface area contributed by atoms with Gasteiger partial charge in [-0.05, 0) is 193 Å². The summed E-state index contributed by atoms with van der Waals surface area (Å²) >= 11 is 0. The molecule has 0 amide bonds. The average molecular weight is 1090 g/mol. The molecule has 0 aromatic heterocycles. The molecule has 2 nitrogen and oxygen atoms in total. The number of benzene rings is 9. The minimum Gasteiger partial charge on any atom is -0.493 e. The lowest BCUT2D eigenvalue weighted by Gasteiger charge is -2.33. The van der Waals surface area contributed by atoms with Crippen LogP contribution in [0.3, 0.4) is 0 Å².